The smallest absolute Gasteiger partial charge is 0.349 e. The van der Waals surface area contributed by atoms with Crippen LogP contribution in [0.1, 0.15) is 5.56 Å². The lowest BCUT2D eigenvalue weighted by Crippen LogP contribution is -2.68. The van der Waals surface area contributed by atoms with Crippen molar-refractivity contribution in [3.63, 3.8) is 0 Å². The summed E-state index contributed by atoms with van der Waals surface area (Å²) in [6.07, 6.45) is -2.39. The molecule has 2 aromatic heterocycles. The van der Waals surface area contributed by atoms with E-state index in [0.29, 0.717) is 11.3 Å². The monoisotopic (exact) mass is 407 g/mol. The Morgan fingerprint density at radius 3 is 2.08 bits per heavy atom. The van der Waals surface area contributed by atoms with Crippen molar-refractivity contribution in [2.45, 2.75) is 6.18 Å². The van der Waals surface area contributed by atoms with Crippen molar-refractivity contribution in [1.29, 1.82) is 0 Å². The first kappa shape index (κ1) is 20.4. The van der Waals surface area contributed by atoms with Gasteiger partial charge in [-0.15, -0.1) is 21.6 Å². The predicted molar refractivity (Wildman–Crippen MR) is 77.0 cm³/mol. The molecule has 0 spiro atoms. The highest BCUT2D eigenvalue weighted by Crippen LogP contribution is 2.32. The maximum atomic E-state index is 12.5. The first-order valence-corrected chi connectivity index (χ1v) is 8.93. The van der Waals surface area contributed by atoms with Crippen molar-refractivity contribution in [1.82, 2.24) is 9.55 Å². The molecule has 11 heteroatoms. The molecular formula is C15H11ClF3N2O4S-. The zero-order valence-electron chi connectivity index (χ0n) is 13.1. The molecule has 0 bridgehead atoms. The number of rotatable bonds is 2. The number of hydrogen-bond donors (Lipinski definition) is 0. The van der Waals surface area contributed by atoms with Crippen molar-refractivity contribution in [3.8, 4) is 22.0 Å². The predicted octanol–water partition coefficient (Wildman–Crippen LogP) is 0.0784. The van der Waals surface area contributed by atoms with Crippen molar-refractivity contribution in [2.75, 3.05) is 0 Å². The van der Waals surface area contributed by atoms with E-state index < -0.39 is 22.0 Å². The molecule has 1 aromatic carbocycles. The zero-order chi connectivity index (χ0) is 19.5. The lowest BCUT2D eigenvalue weighted by Gasteiger charge is -2.17. The Bertz CT molecular complexity index is 851. The third-order valence-corrected chi connectivity index (χ3v) is 4.04. The molecule has 0 radical (unpaired) electrons. The summed E-state index contributed by atoms with van der Waals surface area (Å²) in [5, 5.41) is 2.70. The molecule has 0 saturated carbocycles. The molecule has 3 rings (SSSR count). The van der Waals surface area contributed by atoms with E-state index in [2.05, 4.69) is 4.98 Å². The molecule has 6 nitrogen and oxygen atoms in total. The summed E-state index contributed by atoms with van der Waals surface area (Å²) >= 11 is 1.47. The molecule has 140 valence electrons. The molecule has 0 aliphatic rings. The Morgan fingerprint density at radius 1 is 1.04 bits per heavy atom. The normalized spacial score (nSPS) is 11.8. The topological polar surface area (TPSA) is 110 Å². The van der Waals surface area contributed by atoms with Crippen LogP contribution in [0.25, 0.3) is 22.0 Å². The van der Waals surface area contributed by atoms with Gasteiger partial charge < -0.3 is 4.57 Å². The van der Waals surface area contributed by atoms with E-state index >= 15 is 0 Å². The van der Waals surface area contributed by atoms with Gasteiger partial charge in [0.2, 0.25) is 0 Å². The number of aromatic nitrogens is 2. The van der Waals surface area contributed by atoms with Gasteiger partial charge in [-0.3, -0.25) is 0 Å². The molecule has 0 aliphatic carbocycles. The van der Waals surface area contributed by atoms with E-state index in [1.807, 2.05) is 35.3 Å². The Labute approximate surface area is 152 Å². The quantitative estimate of drug-likeness (QED) is 0.597. The average Bonchev–Trinajstić information content (AvgIpc) is 3.13. The van der Waals surface area contributed by atoms with Crippen LogP contribution in [0.15, 0.2) is 48.0 Å². The number of nitrogens with zero attached hydrogens (tertiary/aromatic N) is 2. The fourth-order valence-electron chi connectivity index (χ4n) is 2.04. The van der Waals surface area contributed by atoms with Gasteiger partial charge in [-0.25, -0.2) is 23.6 Å². The van der Waals surface area contributed by atoms with Gasteiger partial charge in [0.1, 0.15) is 5.01 Å². The van der Waals surface area contributed by atoms with Crippen LogP contribution in [0.4, 0.5) is 13.2 Å². The Hall–Kier alpha value is -1.95. The minimum atomic E-state index is -4.94. The largest absolute Gasteiger partial charge is 0.416 e. The zero-order valence-corrected chi connectivity index (χ0v) is 14.6. The highest BCUT2D eigenvalue weighted by molar-refractivity contribution is 7.13. The van der Waals surface area contributed by atoms with Crippen LogP contribution in [-0.4, -0.2) is 9.55 Å². The molecule has 3 aromatic rings. The van der Waals surface area contributed by atoms with Gasteiger partial charge in [0.15, 0.2) is 0 Å². The fourth-order valence-corrected chi connectivity index (χ4v) is 2.93. The number of hydrogen-bond acceptors (Lipinski definition) is 6. The summed E-state index contributed by atoms with van der Waals surface area (Å²) < 4.78 is 73.5. The summed E-state index contributed by atoms with van der Waals surface area (Å²) in [6.45, 7) is 0. The third kappa shape index (κ3) is 5.80. The van der Waals surface area contributed by atoms with E-state index in [0.717, 1.165) is 22.8 Å². The second-order valence-electron chi connectivity index (χ2n) is 5.00. The van der Waals surface area contributed by atoms with Crippen LogP contribution in [0, 0.1) is 10.2 Å². The standard InChI is InChI=1S/C15H11F3N2S.ClHO4/c1-20-8-2-3-13(20)14-19-12(9-21-14)10-4-6-11(7-5-10)15(16,17)18;2-1(3,4)5/h2-9H,1H3;(H,2,3,4,5)/p-1. The van der Waals surface area contributed by atoms with E-state index in [9.17, 15) is 13.2 Å². The number of halogens is 4. The summed E-state index contributed by atoms with van der Waals surface area (Å²) in [5.41, 5.74) is 1.70. The molecule has 0 amide bonds. The maximum Gasteiger partial charge on any atom is 0.416 e. The summed E-state index contributed by atoms with van der Waals surface area (Å²) in [4.78, 5) is 4.49. The summed E-state index contributed by atoms with van der Waals surface area (Å²) in [5.74, 6) is 0. The van der Waals surface area contributed by atoms with Gasteiger partial charge in [0.05, 0.1) is 17.0 Å². The Balaban J connectivity index is 0.000000431. The Morgan fingerprint density at radius 2 is 1.62 bits per heavy atom. The lowest BCUT2D eigenvalue weighted by atomic mass is 10.1. The Kier molecular flexibility index (Phi) is 6.06. The van der Waals surface area contributed by atoms with Crippen LogP contribution in [-0.2, 0) is 13.2 Å². The summed E-state index contributed by atoms with van der Waals surface area (Å²) in [7, 11) is -3.02. The van der Waals surface area contributed by atoms with Crippen LogP contribution in [0.2, 0.25) is 0 Å². The second-order valence-corrected chi connectivity index (χ2v) is 6.61. The molecule has 26 heavy (non-hydrogen) atoms. The summed E-state index contributed by atoms with van der Waals surface area (Å²) in [6, 6.07) is 8.94. The third-order valence-electron chi connectivity index (χ3n) is 3.18. The number of benzene rings is 1. The highest BCUT2D eigenvalue weighted by Gasteiger charge is 2.30. The highest BCUT2D eigenvalue weighted by atomic mass is 35.7. The van der Waals surface area contributed by atoms with E-state index in [1.54, 1.807) is 0 Å². The second kappa shape index (κ2) is 7.74. The number of alkyl halides is 3. The van der Waals surface area contributed by atoms with Crippen molar-refractivity contribution in [2.24, 2.45) is 7.05 Å². The molecule has 0 aliphatic heterocycles. The van der Waals surface area contributed by atoms with Crippen LogP contribution in [0.5, 0.6) is 0 Å². The van der Waals surface area contributed by atoms with E-state index in [-0.39, 0.29) is 0 Å². The van der Waals surface area contributed by atoms with Gasteiger partial charge in [-0.2, -0.15) is 13.2 Å². The van der Waals surface area contributed by atoms with Gasteiger partial charge in [0.25, 0.3) is 0 Å². The lowest BCUT2D eigenvalue weighted by molar-refractivity contribution is -2.00. The molecular weight excluding hydrogens is 397 g/mol. The van der Waals surface area contributed by atoms with Gasteiger partial charge in [-0.1, -0.05) is 12.1 Å². The van der Waals surface area contributed by atoms with Crippen LogP contribution >= 0.6 is 11.3 Å². The molecule has 0 N–H and O–H groups in total. The fraction of sp³-hybridized carbons (Fsp3) is 0.133. The minimum absolute atomic E-state index is 0.649. The maximum absolute atomic E-state index is 12.5. The first-order chi connectivity index (χ1) is 11.9. The molecule has 0 unspecified atom stereocenters. The van der Waals surface area contributed by atoms with E-state index in [1.165, 1.54) is 23.5 Å². The van der Waals surface area contributed by atoms with Crippen molar-refractivity contribution < 1.29 is 42.1 Å². The number of thiazole rings is 1. The SMILES string of the molecule is Cn1cccc1-c1nc(-c2ccc(C(F)(F)F)cc2)cs1.[O-][Cl+3]([O-])([O-])[O-]. The van der Waals surface area contributed by atoms with Crippen LogP contribution in [0.3, 0.4) is 0 Å². The first-order valence-electron chi connectivity index (χ1n) is 6.82. The van der Waals surface area contributed by atoms with Gasteiger partial charge >= 0.3 is 6.18 Å². The van der Waals surface area contributed by atoms with Gasteiger partial charge in [0, 0.05) is 24.2 Å². The van der Waals surface area contributed by atoms with E-state index in [4.69, 9.17) is 18.6 Å². The number of aryl methyl sites for hydroxylation is 1. The van der Waals surface area contributed by atoms with Gasteiger partial charge in [-0.05, 0) is 24.3 Å². The average molecular weight is 408 g/mol. The molecule has 0 fully saturated rings. The van der Waals surface area contributed by atoms with Crippen LogP contribution < -0.4 is 18.6 Å². The molecule has 2 heterocycles. The van der Waals surface area contributed by atoms with Crippen molar-refractivity contribution >= 4 is 11.3 Å². The molecule has 0 atom stereocenters. The molecule has 0 saturated heterocycles. The van der Waals surface area contributed by atoms with Crippen molar-refractivity contribution in [3.05, 3.63) is 53.5 Å². The minimum Gasteiger partial charge on any atom is -0.349 e.